The van der Waals surface area contributed by atoms with Crippen LogP contribution in [0, 0.1) is 17.8 Å². The van der Waals surface area contributed by atoms with Gasteiger partial charge in [0.05, 0.1) is 12.2 Å². The lowest BCUT2D eigenvalue weighted by atomic mass is 9.81. The molecule has 1 aromatic carbocycles. The fourth-order valence-corrected chi connectivity index (χ4v) is 5.24. The summed E-state index contributed by atoms with van der Waals surface area (Å²) in [6, 6.07) is 3.45. The first-order chi connectivity index (χ1) is 14.5. The molecule has 0 spiro atoms. The molecular formula is C24H33Cl2N3O2. The largest absolute Gasteiger partial charge is 0.506 e. The van der Waals surface area contributed by atoms with Crippen LogP contribution in [0.5, 0.6) is 5.75 Å². The summed E-state index contributed by atoms with van der Waals surface area (Å²) < 4.78 is 0. The van der Waals surface area contributed by atoms with E-state index in [9.17, 15) is 9.90 Å². The van der Waals surface area contributed by atoms with E-state index in [-0.39, 0.29) is 28.8 Å². The number of nitrogens with zero attached hydrogens (tertiary/aromatic N) is 1. The molecule has 31 heavy (non-hydrogen) atoms. The summed E-state index contributed by atoms with van der Waals surface area (Å²) in [6.45, 7) is 12.5. The van der Waals surface area contributed by atoms with Crippen molar-refractivity contribution in [3.63, 3.8) is 0 Å². The summed E-state index contributed by atoms with van der Waals surface area (Å²) in [5.41, 5.74) is 2.92. The van der Waals surface area contributed by atoms with Crippen LogP contribution >= 0.6 is 23.2 Å². The van der Waals surface area contributed by atoms with Gasteiger partial charge in [0.2, 0.25) is 0 Å². The predicted molar refractivity (Wildman–Crippen MR) is 130 cm³/mol. The molecule has 2 heterocycles. The summed E-state index contributed by atoms with van der Waals surface area (Å²) in [6.07, 6.45) is 1.67. The van der Waals surface area contributed by atoms with E-state index in [1.165, 1.54) is 0 Å². The summed E-state index contributed by atoms with van der Waals surface area (Å²) in [5.74, 6) is 0.521. The average molecular weight is 466 g/mol. The summed E-state index contributed by atoms with van der Waals surface area (Å²) in [7, 11) is 0. The molecule has 0 saturated carbocycles. The smallest absolute Gasteiger partial charge is 0.165 e. The van der Waals surface area contributed by atoms with Crippen LogP contribution in [0.2, 0.25) is 5.02 Å². The molecule has 0 aromatic heterocycles. The minimum Gasteiger partial charge on any atom is -0.506 e. The van der Waals surface area contributed by atoms with Crippen molar-refractivity contribution in [2.45, 2.75) is 52.9 Å². The molecule has 3 N–H and O–H groups in total. The van der Waals surface area contributed by atoms with Gasteiger partial charge >= 0.3 is 0 Å². The van der Waals surface area contributed by atoms with Crippen molar-refractivity contribution in [1.82, 2.24) is 5.32 Å². The Morgan fingerprint density at radius 1 is 1.35 bits per heavy atom. The fraction of sp³-hybridized carbons (Fsp3) is 0.583. The molecule has 0 amide bonds. The SMILES string of the molecule is CC1CC(CNc2cc(C(C)(C)C)c(Cl)cc2O)=NC(Cl)=C1C(=O)C(C)[C@H]1CCNC1. The number of nitrogens with one attached hydrogen (secondary N) is 2. The molecule has 0 radical (unpaired) electrons. The maximum absolute atomic E-state index is 13.1. The molecular weight excluding hydrogens is 433 g/mol. The van der Waals surface area contributed by atoms with E-state index in [0.717, 1.165) is 30.8 Å². The number of phenols is 1. The number of Topliss-reactive ketones (excluding diaryl/α,β-unsaturated/α-hetero) is 1. The Morgan fingerprint density at radius 2 is 2.06 bits per heavy atom. The van der Waals surface area contributed by atoms with Crippen molar-refractivity contribution in [1.29, 1.82) is 0 Å². The lowest BCUT2D eigenvalue weighted by molar-refractivity contribution is -0.120. The number of carbonyl (C=O) groups excluding carboxylic acids is 1. The van der Waals surface area contributed by atoms with Crippen LogP contribution in [0.1, 0.15) is 53.0 Å². The van der Waals surface area contributed by atoms with Crippen molar-refractivity contribution in [3.05, 3.63) is 33.4 Å². The number of aliphatic imine (C=N–C) groups is 1. The van der Waals surface area contributed by atoms with Crippen LogP contribution < -0.4 is 10.6 Å². The van der Waals surface area contributed by atoms with Crippen molar-refractivity contribution >= 4 is 40.4 Å². The first-order valence-electron chi connectivity index (χ1n) is 11.0. The number of anilines is 1. The standard InChI is InChI=1S/C24H33Cl2N3O2/c1-13-8-16(12-28-19-9-17(24(3,4)5)18(25)10-20(19)30)29-23(26)21(13)22(31)14(2)15-6-7-27-11-15/h9-10,13-15,27-28,30H,6-8,11-12H2,1-5H3/t13?,14?,15-/m0/s1. The summed E-state index contributed by atoms with van der Waals surface area (Å²) >= 11 is 12.8. The second kappa shape index (κ2) is 9.51. The average Bonchev–Trinajstić information content (AvgIpc) is 3.19. The highest BCUT2D eigenvalue weighted by Gasteiger charge is 2.34. The van der Waals surface area contributed by atoms with E-state index in [1.807, 2.05) is 19.9 Å². The maximum atomic E-state index is 13.1. The van der Waals surface area contributed by atoms with Crippen LogP contribution in [0.4, 0.5) is 5.69 Å². The Labute approximate surface area is 195 Å². The third-order valence-electron chi connectivity index (χ3n) is 6.37. The molecule has 2 unspecified atom stereocenters. The van der Waals surface area contributed by atoms with Crippen molar-refractivity contribution in [2.24, 2.45) is 22.7 Å². The van der Waals surface area contributed by atoms with Gasteiger partial charge in [0.1, 0.15) is 10.9 Å². The number of hydrogen-bond donors (Lipinski definition) is 3. The van der Waals surface area contributed by atoms with Gasteiger partial charge in [-0.1, -0.05) is 57.8 Å². The van der Waals surface area contributed by atoms with Crippen LogP contribution in [-0.2, 0) is 10.2 Å². The number of phenolic OH excluding ortho intramolecular Hbond substituents is 1. The number of ketones is 1. The number of rotatable bonds is 6. The Hall–Kier alpha value is -1.56. The number of allylic oxidation sites excluding steroid dienone is 1. The van der Waals surface area contributed by atoms with Crippen LogP contribution in [0.25, 0.3) is 0 Å². The number of aromatic hydroxyl groups is 1. The van der Waals surface area contributed by atoms with E-state index in [2.05, 4.69) is 36.4 Å². The zero-order valence-corrected chi connectivity index (χ0v) is 20.5. The highest BCUT2D eigenvalue weighted by molar-refractivity contribution is 6.33. The van der Waals surface area contributed by atoms with Gasteiger partial charge in [-0.2, -0.15) is 0 Å². The molecule has 2 aliphatic rings. The van der Waals surface area contributed by atoms with Gasteiger partial charge in [-0.05, 0) is 54.8 Å². The topological polar surface area (TPSA) is 73.7 Å². The van der Waals surface area contributed by atoms with Gasteiger partial charge in [0.25, 0.3) is 0 Å². The van der Waals surface area contributed by atoms with E-state index in [1.54, 1.807) is 6.07 Å². The predicted octanol–water partition coefficient (Wildman–Crippen LogP) is 5.50. The molecule has 3 rings (SSSR count). The van der Waals surface area contributed by atoms with Gasteiger partial charge in [-0.15, -0.1) is 0 Å². The molecule has 2 aliphatic heterocycles. The lowest BCUT2D eigenvalue weighted by Gasteiger charge is -2.26. The normalized spacial score (nSPS) is 23.0. The first-order valence-corrected chi connectivity index (χ1v) is 11.7. The zero-order valence-electron chi connectivity index (χ0n) is 19.0. The third kappa shape index (κ3) is 5.44. The van der Waals surface area contributed by atoms with Crippen LogP contribution in [0.15, 0.2) is 27.9 Å². The molecule has 1 fully saturated rings. The monoisotopic (exact) mass is 465 g/mol. The van der Waals surface area contributed by atoms with E-state index in [0.29, 0.717) is 40.3 Å². The molecule has 5 nitrogen and oxygen atoms in total. The quantitative estimate of drug-likeness (QED) is 0.382. The molecule has 170 valence electrons. The Morgan fingerprint density at radius 3 is 2.65 bits per heavy atom. The molecule has 0 bridgehead atoms. The number of halogens is 2. The Balaban J connectivity index is 1.75. The van der Waals surface area contributed by atoms with E-state index >= 15 is 0 Å². The highest BCUT2D eigenvalue weighted by atomic mass is 35.5. The second-order valence-electron chi connectivity index (χ2n) is 9.85. The highest BCUT2D eigenvalue weighted by Crippen LogP contribution is 2.37. The Kier molecular flexibility index (Phi) is 7.39. The lowest BCUT2D eigenvalue weighted by Crippen LogP contribution is -2.30. The van der Waals surface area contributed by atoms with E-state index in [4.69, 9.17) is 23.2 Å². The van der Waals surface area contributed by atoms with Gasteiger partial charge in [-0.3, -0.25) is 4.79 Å². The number of hydrogen-bond acceptors (Lipinski definition) is 5. The van der Waals surface area contributed by atoms with Crippen molar-refractivity contribution < 1.29 is 9.90 Å². The minimum absolute atomic E-state index is 0.00932. The van der Waals surface area contributed by atoms with Crippen LogP contribution in [0.3, 0.4) is 0 Å². The first kappa shape index (κ1) is 24.1. The van der Waals surface area contributed by atoms with Crippen molar-refractivity contribution in [2.75, 3.05) is 25.0 Å². The number of carbonyl (C=O) groups is 1. The minimum atomic E-state index is -0.148. The maximum Gasteiger partial charge on any atom is 0.165 e. The second-order valence-corrected chi connectivity index (χ2v) is 10.6. The fourth-order valence-electron chi connectivity index (χ4n) is 4.40. The molecule has 1 saturated heterocycles. The Bertz CT molecular complexity index is 912. The van der Waals surface area contributed by atoms with E-state index < -0.39 is 0 Å². The summed E-state index contributed by atoms with van der Waals surface area (Å²) in [5, 5.41) is 17.8. The van der Waals surface area contributed by atoms with Crippen LogP contribution in [-0.4, -0.2) is 36.2 Å². The molecule has 7 heteroatoms. The molecule has 3 atom stereocenters. The van der Waals surface area contributed by atoms with Gasteiger partial charge in [0, 0.05) is 28.3 Å². The number of benzene rings is 1. The molecule has 1 aromatic rings. The van der Waals surface area contributed by atoms with Crippen molar-refractivity contribution in [3.8, 4) is 5.75 Å². The molecule has 0 aliphatic carbocycles. The van der Waals surface area contributed by atoms with Gasteiger partial charge in [0.15, 0.2) is 5.78 Å². The zero-order chi connectivity index (χ0) is 22.9. The van der Waals surface area contributed by atoms with Gasteiger partial charge < -0.3 is 15.7 Å². The third-order valence-corrected chi connectivity index (χ3v) is 6.97. The van der Waals surface area contributed by atoms with Gasteiger partial charge in [-0.25, -0.2) is 4.99 Å². The summed E-state index contributed by atoms with van der Waals surface area (Å²) in [4.78, 5) is 17.6.